The van der Waals surface area contributed by atoms with Gasteiger partial charge in [0.15, 0.2) is 6.20 Å². The number of para-hydroxylation sites is 1. The van der Waals surface area contributed by atoms with E-state index in [2.05, 4.69) is 85.4 Å². The van der Waals surface area contributed by atoms with Crippen molar-refractivity contribution in [1.29, 1.82) is 0 Å². The van der Waals surface area contributed by atoms with Crippen molar-refractivity contribution in [2.24, 2.45) is 18.9 Å². The largest absolute Gasteiger partial charge is 0.307 e. The summed E-state index contributed by atoms with van der Waals surface area (Å²) in [5.41, 5.74) is 11.3. The molecule has 2 aliphatic rings. The quantitative estimate of drug-likeness (QED) is 0.140. The number of aryl methyl sites for hydroxylation is 4. The normalized spacial score (nSPS) is 22.5. The molecule has 2 aliphatic carbocycles. The fraction of sp³-hybridized carbons (Fsp3) is 0.344. The van der Waals surface area contributed by atoms with Crippen molar-refractivity contribution >= 4 is 49.0 Å². The second-order valence-corrected chi connectivity index (χ2v) is 11.5. The Hall–Kier alpha value is -3.13. The van der Waals surface area contributed by atoms with E-state index >= 15 is 0 Å². The van der Waals surface area contributed by atoms with Gasteiger partial charge in [0.25, 0.3) is 0 Å². The van der Waals surface area contributed by atoms with Crippen LogP contribution in [0.4, 0.5) is 0 Å². The zero-order valence-corrected chi connectivity index (χ0v) is 20.6. The standard InChI is InChI=1S/C32H31N2/c1-17-6-5-7-24-26-12-18(2)19(3)28-31(26)34(30(17)24)27-16-23(25-14-20-8-9-21(25)13-20)15-22-10-11-33(4)32(28)29(22)27/h5-7,10-12,15-16,20-21,25H,8-9,13-14H2,1-4H3/q+1. The average molecular weight is 444 g/mol. The van der Waals surface area contributed by atoms with Crippen LogP contribution in [0.3, 0.4) is 0 Å². The molecule has 2 bridgehead atoms. The minimum atomic E-state index is 0.733. The Labute approximate surface area is 200 Å². The van der Waals surface area contributed by atoms with Gasteiger partial charge in [0.2, 0.25) is 5.52 Å². The first-order chi connectivity index (χ1) is 16.5. The number of hydrogen-bond donors (Lipinski definition) is 0. The van der Waals surface area contributed by atoms with E-state index in [1.54, 1.807) is 5.56 Å². The fourth-order valence-electron chi connectivity index (χ4n) is 8.00. The van der Waals surface area contributed by atoms with E-state index in [0.29, 0.717) is 0 Å². The van der Waals surface area contributed by atoms with Gasteiger partial charge in [0.05, 0.1) is 27.3 Å². The first kappa shape index (κ1) is 19.2. The van der Waals surface area contributed by atoms with Gasteiger partial charge in [-0.2, -0.15) is 0 Å². The number of benzene rings is 3. The van der Waals surface area contributed by atoms with E-state index in [1.165, 1.54) is 91.4 Å². The van der Waals surface area contributed by atoms with Crippen LogP contribution in [0.25, 0.3) is 49.0 Å². The SMILES string of the molecule is Cc1cc2c3cccc(C)c3n3c4cc(C5CC6CCC5C6)cc5cc[n+](C)c(c(c1C)c23)c54. The van der Waals surface area contributed by atoms with Gasteiger partial charge in [-0.1, -0.05) is 30.7 Å². The third-order valence-corrected chi connectivity index (χ3v) is 9.68. The van der Waals surface area contributed by atoms with E-state index < -0.39 is 0 Å². The number of rotatable bonds is 1. The van der Waals surface area contributed by atoms with Gasteiger partial charge in [-0.3, -0.25) is 0 Å². The summed E-state index contributed by atoms with van der Waals surface area (Å²) in [7, 11) is 2.22. The van der Waals surface area contributed by atoms with Gasteiger partial charge >= 0.3 is 0 Å². The highest BCUT2D eigenvalue weighted by Crippen LogP contribution is 2.54. The second-order valence-electron chi connectivity index (χ2n) is 11.5. The summed E-state index contributed by atoms with van der Waals surface area (Å²) in [4.78, 5) is 0. The third-order valence-electron chi connectivity index (χ3n) is 9.68. The summed E-state index contributed by atoms with van der Waals surface area (Å²) >= 11 is 0. The van der Waals surface area contributed by atoms with E-state index in [0.717, 1.165) is 17.8 Å². The zero-order chi connectivity index (χ0) is 22.9. The Bertz CT molecular complexity index is 1820. The summed E-state index contributed by atoms with van der Waals surface area (Å²) in [6.45, 7) is 6.87. The summed E-state index contributed by atoms with van der Waals surface area (Å²) in [6.07, 6.45) is 8.00. The van der Waals surface area contributed by atoms with Crippen molar-refractivity contribution in [3.8, 4) is 0 Å². The van der Waals surface area contributed by atoms with Crippen LogP contribution < -0.4 is 4.57 Å². The lowest BCUT2D eigenvalue weighted by atomic mass is 9.82. The minimum absolute atomic E-state index is 0.733. The Morgan fingerprint density at radius 1 is 0.853 bits per heavy atom. The number of pyridine rings is 2. The maximum Gasteiger partial charge on any atom is 0.224 e. The first-order valence-corrected chi connectivity index (χ1v) is 13.0. The molecule has 0 N–H and O–H groups in total. The predicted molar refractivity (Wildman–Crippen MR) is 142 cm³/mol. The summed E-state index contributed by atoms with van der Waals surface area (Å²) in [6, 6.07) is 16.7. The fourth-order valence-corrected chi connectivity index (χ4v) is 8.00. The van der Waals surface area contributed by atoms with Crippen LogP contribution in [0.5, 0.6) is 0 Å². The van der Waals surface area contributed by atoms with Gasteiger partial charge in [-0.05, 0) is 97.6 Å². The Kier molecular flexibility index (Phi) is 3.56. The molecule has 0 amide bonds. The second kappa shape index (κ2) is 6.30. The topological polar surface area (TPSA) is 8.29 Å². The molecule has 2 heteroatoms. The van der Waals surface area contributed by atoms with Crippen LogP contribution in [-0.2, 0) is 7.05 Å². The predicted octanol–water partition coefficient (Wildman–Crippen LogP) is 7.64. The molecule has 0 radical (unpaired) electrons. The molecule has 3 unspecified atom stereocenters. The van der Waals surface area contributed by atoms with Crippen molar-refractivity contribution < 1.29 is 4.57 Å². The van der Waals surface area contributed by atoms with Gasteiger partial charge in [0, 0.05) is 16.8 Å². The maximum atomic E-state index is 2.63. The lowest BCUT2D eigenvalue weighted by Gasteiger charge is -2.23. The molecular formula is C32H31N2+. The number of fused-ring (bicyclic) bond motifs is 7. The highest BCUT2D eigenvalue weighted by atomic mass is 15.0. The Balaban J connectivity index is 1.66. The smallest absolute Gasteiger partial charge is 0.224 e. The molecule has 0 saturated heterocycles. The molecule has 8 rings (SSSR count). The molecule has 2 nitrogen and oxygen atoms in total. The van der Waals surface area contributed by atoms with Gasteiger partial charge in [-0.25, -0.2) is 4.57 Å². The lowest BCUT2D eigenvalue weighted by molar-refractivity contribution is -0.643. The molecule has 6 aromatic rings. The van der Waals surface area contributed by atoms with Crippen molar-refractivity contribution in [1.82, 2.24) is 4.40 Å². The number of hydrogen-bond acceptors (Lipinski definition) is 0. The van der Waals surface area contributed by atoms with Crippen LogP contribution in [0.1, 0.15) is 53.9 Å². The number of nitrogens with zero attached hydrogens (tertiary/aromatic N) is 2. The molecule has 34 heavy (non-hydrogen) atoms. The monoisotopic (exact) mass is 443 g/mol. The first-order valence-electron chi connectivity index (χ1n) is 13.0. The molecule has 0 spiro atoms. The van der Waals surface area contributed by atoms with E-state index in [-0.39, 0.29) is 0 Å². The van der Waals surface area contributed by atoms with Crippen LogP contribution in [0.15, 0.2) is 48.7 Å². The van der Waals surface area contributed by atoms with Crippen molar-refractivity contribution in [2.75, 3.05) is 0 Å². The van der Waals surface area contributed by atoms with Gasteiger partial charge in [0.1, 0.15) is 7.05 Å². The van der Waals surface area contributed by atoms with Gasteiger partial charge < -0.3 is 4.40 Å². The van der Waals surface area contributed by atoms with Crippen LogP contribution in [0.2, 0.25) is 0 Å². The molecule has 2 saturated carbocycles. The summed E-state index contributed by atoms with van der Waals surface area (Å²) < 4.78 is 4.99. The molecule has 168 valence electrons. The molecule has 2 fully saturated rings. The average Bonchev–Trinajstić information content (AvgIpc) is 3.55. The van der Waals surface area contributed by atoms with Crippen LogP contribution in [0, 0.1) is 32.6 Å². The maximum absolute atomic E-state index is 2.63. The zero-order valence-electron chi connectivity index (χ0n) is 20.6. The Morgan fingerprint density at radius 3 is 2.53 bits per heavy atom. The van der Waals surface area contributed by atoms with E-state index in [1.807, 2.05) is 0 Å². The van der Waals surface area contributed by atoms with E-state index in [9.17, 15) is 0 Å². The molecule has 0 aliphatic heterocycles. The number of aromatic nitrogens is 2. The molecular weight excluding hydrogens is 412 g/mol. The van der Waals surface area contributed by atoms with Crippen molar-refractivity contribution in [2.45, 2.75) is 52.4 Å². The minimum Gasteiger partial charge on any atom is -0.307 e. The van der Waals surface area contributed by atoms with Crippen LogP contribution >= 0.6 is 0 Å². The molecule has 3 atom stereocenters. The summed E-state index contributed by atoms with van der Waals surface area (Å²) in [5, 5.41) is 7.01. The van der Waals surface area contributed by atoms with Crippen molar-refractivity contribution in [3.63, 3.8) is 0 Å². The third kappa shape index (κ3) is 2.20. The van der Waals surface area contributed by atoms with Crippen LogP contribution in [-0.4, -0.2) is 4.40 Å². The highest BCUT2D eigenvalue weighted by molar-refractivity contribution is 6.26. The van der Waals surface area contributed by atoms with Crippen molar-refractivity contribution in [3.05, 3.63) is 70.9 Å². The molecule has 3 aromatic carbocycles. The molecule has 3 aromatic heterocycles. The van der Waals surface area contributed by atoms with Gasteiger partial charge in [-0.15, -0.1) is 0 Å². The van der Waals surface area contributed by atoms with E-state index in [4.69, 9.17) is 0 Å². The lowest BCUT2D eigenvalue weighted by Crippen LogP contribution is -2.29. The highest BCUT2D eigenvalue weighted by Gasteiger charge is 2.40. The molecule has 3 heterocycles. The summed E-state index contributed by atoms with van der Waals surface area (Å²) in [5.74, 6) is 2.58. The Morgan fingerprint density at radius 2 is 1.74 bits per heavy atom.